The summed E-state index contributed by atoms with van der Waals surface area (Å²) in [7, 11) is 0. The van der Waals surface area contributed by atoms with Crippen LogP contribution in [0.4, 0.5) is 9.18 Å². The van der Waals surface area contributed by atoms with Crippen molar-refractivity contribution in [2.24, 2.45) is 0 Å². The van der Waals surface area contributed by atoms with E-state index in [0.717, 1.165) is 0 Å². The molecule has 0 saturated carbocycles. The molecule has 3 aromatic rings. The van der Waals surface area contributed by atoms with Gasteiger partial charge in [0.15, 0.2) is 5.69 Å². The number of aromatic nitrogens is 4. The van der Waals surface area contributed by atoms with E-state index in [-0.39, 0.29) is 30.1 Å². The Kier molecular flexibility index (Phi) is 6.39. The van der Waals surface area contributed by atoms with Gasteiger partial charge in [-0.2, -0.15) is 0 Å². The molecule has 4 rings (SSSR count). The fourth-order valence-corrected chi connectivity index (χ4v) is 3.61. The van der Waals surface area contributed by atoms with Crippen LogP contribution in [0.1, 0.15) is 23.0 Å². The predicted molar refractivity (Wildman–Crippen MR) is 113 cm³/mol. The van der Waals surface area contributed by atoms with Crippen LogP contribution in [0, 0.1) is 5.82 Å². The number of amides is 2. The van der Waals surface area contributed by atoms with Crippen molar-refractivity contribution in [3.05, 3.63) is 65.9 Å². The molecule has 0 radical (unpaired) electrons. The first-order valence-corrected chi connectivity index (χ1v) is 10.4. The maximum Gasteiger partial charge on any atom is 0.409 e. The third kappa shape index (κ3) is 4.43. The number of halogens is 1. The molecule has 1 aliphatic heterocycles. The lowest BCUT2D eigenvalue weighted by Gasteiger charge is -2.33. The first-order valence-electron chi connectivity index (χ1n) is 10.4. The van der Waals surface area contributed by atoms with Crippen molar-refractivity contribution in [1.29, 1.82) is 0 Å². The SMILES string of the molecule is CCOC(=O)N1CCN(C(=O)c2nnn(Cc3ccccc3F)c2-c2ccncc2)CC1. The van der Waals surface area contributed by atoms with Gasteiger partial charge in [-0.15, -0.1) is 5.10 Å². The third-order valence-electron chi connectivity index (χ3n) is 5.26. The first-order chi connectivity index (χ1) is 15.6. The highest BCUT2D eigenvalue weighted by Crippen LogP contribution is 2.24. The molecule has 2 aromatic heterocycles. The lowest BCUT2D eigenvalue weighted by Crippen LogP contribution is -2.50. The zero-order chi connectivity index (χ0) is 22.5. The Morgan fingerprint density at radius 1 is 1.03 bits per heavy atom. The quantitative estimate of drug-likeness (QED) is 0.608. The van der Waals surface area contributed by atoms with Crippen molar-refractivity contribution in [2.75, 3.05) is 32.8 Å². The number of carbonyl (C=O) groups excluding carboxylic acids is 2. The predicted octanol–water partition coefficient (Wildman–Crippen LogP) is 2.44. The molecule has 166 valence electrons. The van der Waals surface area contributed by atoms with E-state index in [1.165, 1.54) is 10.7 Å². The highest BCUT2D eigenvalue weighted by atomic mass is 19.1. The van der Waals surface area contributed by atoms with Crippen molar-refractivity contribution in [2.45, 2.75) is 13.5 Å². The van der Waals surface area contributed by atoms with Crippen LogP contribution in [0.25, 0.3) is 11.3 Å². The molecule has 9 nitrogen and oxygen atoms in total. The molecule has 3 heterocycles. The van der Waals surface area contributed by atoms with Crippen LogP contribution in [0.5, 0.6) is 0 Å². The van der Waals surface area contributed by atoms with Crippen LogP contribution < -0.4 is 0 Å². The van der Waals surface area contributed by atoms with Gasteiger partial charge in [-0.1, -0.05) is 23.4 Å². The summed E-state index contributed by atoms with van der Waals surface area (Å²) in [5, 5.41) is 8.31. The second kappa shape index (κ2) is 9.54. The molecule has 1 saturated heterocycles. The van der Waals surface area contributed by atoms with Crippen LogP contribution in [0.3, 0.4) is 0 Å². The number of carbonyl (C=O) groups is 2. The lowest BCUT2D eigenvalue weighted by atomic mass is 10.1. The fraction of sp³-hybridized carbons (Fsp3) is 0.318. The molecule has 0 spiro atoms. The minimum Gasteiger partial charge on any atom is -0.450 e. The Morgan fingerprint density at radius 3 is 2.41 bits per heavy atom. The van der Waals surface area contributed by atoms with E-state index in [4.69, 9.17) is 4.74 Å². The maximum absolute atomic E-state index is 14.2. The molecule has 1 aromatic carbocycles. The normalized spacial score (nSPS) is 13.8. The van der Waals surface area contributed by atoms with Gasteiger partial charge >= 0.3 is 6.09 Å². The second-order valence-electron chi connectivity index (χ2n) is 7.25. The Balaban J connectivity index is 1.60. The van der Waals surface area contributed by atoms with Crippen molar-refractivity contribution >= 4 is 12.0 Å². The van der Waals surface area contributed by atoms with Crippen LogP contribution in [-0.4, -0.2) is 74.6 Å². The van der Waals surface area contributed by atoms with Gasteiger partial charge < -0.3 is 14.5 Å². The summed E-state index contributed by atoms with van der Waals surface area (Å²) < 4.78 is 20.8. The van der Waals surface area contributed by atoms with Crippen molar-refractivity contribution in [1.82, 2.24) is 29.8 Å². The van der Waals surface area contributed by atoms with Crippen LogP contribution >= 0.6 is 0 Å². The molecule has 0 atom stereocenters. The highest BCUT2D eigenvalue weighted by Gasteiger charge is 2.30. The molecule has 1 aliphatic rings. The Bertz CT molecular complexity index is 1100. The van der Waals surface area contributed by atoms with Crippen molar-refractivity contribution in [3.63, 3.8) is 0 Å². The number of hydrogen-bond donors (Lipinski definition) is 0. The number of nitrogens with zero attached hydrogens (tertiary/aromatic N) is 6. The fourth-order valence-electron chi connectivity index (χ4n) is 3.61. The van der Waals surface area contributed by atoms with Gasteiger partial charge in [0.2, 0.25) is 0 Å². The Morgan fingerprint density at radius 2 is 1.72 bits per heavy atom. The minimum atomic E-state index is -0.382. The number of hydrogen-bond acceptors (Lipinski definition) is 6. The van der Waals surface area contributed by atoms with E-state index in [9.17, 15) is 14.0 Å². The lowest BCUT2D eigenvalue weighted by molar-refractivity contribution is 0.0566. The molecule has 0 unspecified atom stereocenters. The van der Waals surface area contributed by atoms with Gasteiger partial charge in [-0.3, -0.25) is 9.78 Å². The number of rotatable bonds is 5. The summed E-state index contributed by atoms with van der Waals surface area (Å²) in [6, 6.07) is 9.93. The molecular weight excluding hydrogens is 415 g/mol. The molecule has 0 N–H and O–H groups in total. The summed E-state index contributed by atoms with van der Waals surface area (Å²) in [4.78, 5) is 32.5. The number of pyridine rings is 1. The van der Waals surface area contributed by atoms with Gasteiger partial charge in [-0.25, -0.2) is 13.9 Å². The highest BCUT2D eigenvalue weighted by molar-refractivity contribution is 5.98. The molecule has 0 bridgehead atoms. The zero-order valence-corrected chi connectivity index (χ0v) is 17.6. The number of ether oxygens (including phenoxy) is 1. The van der Waals surface area contributed by atoms with Crippen LogP contribution in [0.2, 0.25) is 0 Å². The Labute approximate surface area is 184 Å². The van der Waals surface area contributed by atoms with E-state index in [1.54, 1.807) is 59.4 Å². The van der Waals surface area contributed by atoms with Gasteiger partial charge in [0.05, 0.1) is 13.2 Å². The largest absolute Gasteiger partial charge is 0.450 e. The monoisotopic (exact) mass is 438 g/mol. The molecule has 1 fully saturated rings. The van der Waals surface area contributed by atoms with E-state index >= 15 is 0 Å². The van der Waals surface area contributed by atoms with E-state index in [0.29, 0.717) is 49.6 Å². The topological polar surface area (TPSA) is 93.5 Å². The van der Waals surface area contributed by atoms with E-state index < -0.39 is 0 Å². The summed E-state index contributed by atoms with van der Waals surface area (Å²) in [6.45, 7) is 3.64. The molecule has 2 amide bonds. The van der Waals surface area contributed by atoms with Crippen molar-refractivity contribution in [3.8, 4) is 11.3 Å². The number of piperazine rings is 1. The van der Waals surface area contributed by atoms with Crippen molar-refractivity contribution < 1.29 is 18.7 Å². The molecule has 10 heteroatoms. The van der Waals surface area contributed by atoms with Crippen LogP contribution in [-0.2, 0) is 11.3 Å². The molecular formula is C22H23FN6O3. The maximum atomic E-state index is 14.2. The standard InChI is InChI=1S/C22H23FN6O3/c1-2-32-22(31)28-13-11-27(12-14-28)21(30)19-20(16-7-9-24-10-8-16)29(26-25-19)15-17-5-3-4-6-18(17)23/h3-10H,2,11-15H2,1H3. The average molecular weight is 438 g/mol. The molecule has 32 heavy (non-hydrogen) atoms. The summed E-state index contributed by atoms with van der Waals surface area (Å²) in [5.41, 5.74) is 1.82. The van der Waals surface area contributed by atoms with Gasteiger partial charge in [0, 0.05) is 49.7 Å². The number of benzene rings is 1. The summed E-state index contributed by atoms with van der Waals surface area (Å²) in [6.07, 6.45) is 2.84. The first kappa shape index (κ1) is 21.4. The van der Waals surface area contributed by atoms with Gasteiger partial charge in [0.25, 0.3) is 5.91 Å². The smallest absolute Gasteiger partial charge is 0.409 e. The van der Waals surface area contributed by atoms with E-state index in [2.05, 4.69) is 15.3 Å². The third-order valence-corrected chi connectivity index (χ3v) is 5.26. The van der Waals surface area contributed by atoms with Crippen LogP contribution in [0.15, 0.2) is 48.8 Å². The molecule has 0 aliphatic carbocycles. The summed E-state index contributed by atoms with van der Waals surface area (Å²) in [5.74, 6) is -0.647. The summed E-state index contributed by atoms with van der Waals surface area (Å²) >= 11 is 0. The van der Waals surface area contributed by atoms with E-state index in [1.807, 2.05) is 0 Å². The Hall–Kier alpha value is -3.82. The second-order valence-corrected chi connectivity index (χ2v) is 7.25. The minimum absolute atomic E-state index is 0.126. The van der Waals surface area contributed by atoms with Gasteiger partial charge in [0.1, 0.15) is 11.5 Å². The zero-order valence-electron chi connectivity index (χ0n) is 17.6. The average Bonchev–Trinajstić information content (AvgIpc) is 3.24. The van der Waals surface area contributed by atoms with Gasteiger partial charge in [-0.05, 0) is 25.1 Å².